The lowest BCUT2D eigenvalue weighted by molar-refractivity contribution is 0.0255. The van der Waals surface area contributed by atoms with Crippen LogP contribution < -0.4 is 4.90 Å². The van der Waals surface area contributed by atoms with Crippen molar-refractivity contribution in [3.8, 4) is 11.8 Å². The number of hydrogen-bond donors (Lipinski definition) is 0. The largest absolute Gasteiger partial charge is 0.373 e. The van der Waals surface area contributed by atoms with Gasteiger partial charge in [-0.3, -0.25) is 4.90 Å². The van der Waals surface area contributed by atoms with Gasteiger partial charge in [0.15, 0.2) is 0 Å². The fourth-order valence-corrected chi connectivity index (χ4v) is 6.49. The molecule has 2 aliphatic heterocycles. The van der Waals surface area contributed by atoms with Crippen molar-refractivity contribution in [2.45, 2.75) is 31.9 Å². The second-order valence-electron chi connectivity index (χ2n) is 9.51. The molecule has 6 nitrogen and oxygen atoms in total. The van der Waals surface area contributed by atoms with E-state index in [1.165, 1.54) is 26.9 Å². The summed E-state index contributed by atoms with van der Waals surface area (Å²) in [5, 5.41) is 17.1. The van der Waals surface area contributed by atoms with Gasteiger partial charge >= 0.3 is 0 Å². The van der Waals surface area contributed by atoms with E-state index in [9.17, 15) is 5.26 Å². The molecule has 6 rings (SSSR count). The summed E-state index contributed by atoms with van der Waals surface area (Å²) < 4.78 is 9.34. The average Bonchev–Trinajstić information content (AvgIpc) is 3.58. The maximum Gasteiger partial charge on any atom is 0.0992 e. The van der Waals surface area contributed by atoms with Gasteiger partial charge in [-0.2, -0.15) is 10.4 Å². The normalized spacial score (nSPS) is 20.6. The minimum absolute atomic E-state index is 0.158. The first kappa shape index (κ1) is 22.3. The summed E-state index contributed by atoms with van der Waals surface area (Å²) in [5.41, 5.74) is 5.87. The molecule has 0 N–H and O–H groups in total. The molecular weight excluding hydrogens is 454 g/mol. The number of rotatable bonds is 5. The van der Waals surface area contributed by atoms with E-state index in [0.717, 1.165) is 56.9 Å². The minimum atomic E-state index is 0.158. The maximum absolute atomic E-state index is 9.19. The van der Waals surface area contributed by atoms with Gasteiger partial charge in [-0.05, 0) is 61.2 Å². The quantitative estimate of drug-likeness (QED) is 0.392. The molecule has 35 heavy (non-hydrogen) atoms. The zero-order chi connectivity index (χ0) is 23.8. The molecule has 1 fully saturated rings. The number of ether oxygens (including phenoxy) is 1. The fourth-order valence-electron chi connectivity index (χ4n) is 5.48. The Morgan fingerprint density at radius 1 is 1.20 bits per heavy atom. The Morgan fingerprint density at radius 2 is 2.14 bits per heavy atom. The van der Waals surface area contributed by atoms with Gasteiger partial charge in [0, 0.05) is 60.1 Å². The lowest BCUT2D eigenvalue weighted by Crippen LogP contribution is -2.52. The monoisotopic (exact) mass is 483 g/mol. The van der Waals surface area contributed by atoms with Gasteiger partial charge in [0.05, 0.1) is 35.7 Å². The third-order valence-electron chi connectivity index (χ3n) is 7.40. The summed E-state index contributed by atoms with van der Waals surface area (Å²) in [5.74, 6) is 0. The highest BCUT2D eigenvalue weighted by Crippen LogP contribution is 2.35. The van der Waals surface area contributed by atoms with Crippen molar-refractivity contribution in [1.29, 1.82) is 5.26 Å². The highest BCUT2D eigenvalue weighted by atomic mass is 32.1. The second kappa shape index (κ2) is 9.46. The number of fused-ring (bicyclic) bond motifs is 2. The maximum atomic E-state index is 9.19. The molecule has 0 saturated carbocycles. The molecule has 2 atom stereocenters. The molecule has 7 heteroatoms. The van der Waals surface area contributed by atoms with Crippen molar-refractivity contribution >= 4 is 27.1 Å². The standard InChI is InChI=1S/C28H29N5OS/c1-20-18-32(26-19-35-28-15-21(17-29)3-5-25(26)28)13-12-31(20)11-7-27-24-6-4-23(33-10-2-9-30-33)16-22(24)8-14-34-27/h2-6,9-10,15-16,19-20,27H,7-8,11-14,18H2,1H3/t20-,27+/m1/s1. The summed E-state index contributed by atoms with van der Waals surface area (Å²) in [6.45, 7) is 7.23. The van der Waals surface area contributed by atoms with E-state index >= 15 is 0 Å². The highest BCUT2D eigenvalue weighted by molar-refractivity contribution is 7.17. The molecule has 2 aromatic heterocycles. The van der Waals surface area contributed by atoms with Crippen molar-refractivity contribution in [2.75, 3.05) is 37.7 Å². The van der Waals surface area contributed by atoms with Crippen molar-refractivity contribution < 1.29 is 4.74 Å². The molecular formula is C28H29N5OS. The first-order chi connectivity index (χ1) is 17.2. The van der Waals surface area contributed by atoms with Gasteiger partial charge in [-0.25, -0.2) is 4.68 Å². The van der Waals surface area contributed by atoms with Crippen molar-refractivity contribution in [3.63, 3.8) is 0 Å². The van der Waals surface area contributed by atoms with E-state index in [-0.39, 0.29) is 6.10 Å². The molecule has 0 spiro atoms. The van der Waals surface area contributed by atoms with Crippen LogP contribution in [-0.2, 0) is 11.2 Å². The predicted octanol–water partition coefficient (Wildman–Crippen LogP) is 5.17. The van der Waals surface area contributed by atoms with Gasteiger partial charge in [0.1, 0.15) is 0 Å². The molecule has 0 unspecified atom stereocenters. The van der Waals surface area contributed by atoms with E-state index in [1.54, 1.807) is 11.3 Å². The molecule has 2 aliphatic rings. The van der Waals surface area contributed by atoms with Crippen LogP contribution in [0.1, 0.15) is 36.1 Å². The van der Waals surface area contributed by atoms with Crippen LogP contribution in [0, 0.1) is 11.3 Å². The van der Waals surface area contributed by atoms with Crippen molar-refractivity contribution in [3.05, 3.63) is 76.9 Å². The van der Waals surface area contributed by atoms with Crippen LogP contribution in [0.15, 0.2) is 60.2 Å². The van der Waals surface area contributed by atoms with Crippen LogP contribution >= 0.6 is 11.3 Å². The topological polar surface area (TPSA) is 57.3 Å². The molecule has 0 bridgehead atoms. The number of piperazine rings is 1. The molecule has 0 radical (unpaired) electrons. The summed E-state index contributed by atoms with van der Waals surface area (Å²) in [7, 11) is 0. The number of benzene rings is 2. The molecule has 2 aromatic carbocycles. The molecule has 0 amide bonds. The first-order valence-corrected chi connectivity index (χ1v) is 13.2. The first-order valence-electron chi connectivity index (χ1n) is 12.3. The van der Waals surface area contributed by atoms with Gasteiger partial charge in [0.2, 0.25) is 0 Å². The minimum Gasteiger partial charge on any atom is -0.373 e. The van der Waals surface area contributed by atoms with Gasteiger partial charge in [-0.15, -0.1) is 11.3 Å². The van der Waals surface area contributed by atoms with E-state index in [0.29, 0.717) is 6.04 Å². The number of anilines is 1. The van der Waals surface area contributed by atoms with E-state index < -0.39 is 0 Å². The SMILES string of the molecule is C[C@@H]1CN(c2csc3cc(C#N)ccc23)CCN1CC[C@@H]1OCCc2cc(-n3cccn3)ccc21. The molecule has 178 valence electrons. The molecule has 4 aromatic rings. The Morgan fingerprint density at radius 3 is 2.97 bits per heavy atom. The Bertz CT molecular complexity index is 1370. The van der Waals surface area contributed by atoms with Crippen LogP contribution in [0.25, 0.3) is 15.8 Å². The van der Waals surface area contributed by atoms with Crippen molar-refractivity contribution in [1.82, 2.24) is 14.7 Å². The average molecular weight is 484 g/mol. The number of nitrogens with zero attached hydrogens (tertiary/aromatic N) is 5. The van der Waals surface area contributed by atoms with Crippen LogP contribution in [0.4, 0.5) is 5.69 Å². The van der Waals surface area contributed by atoms with Crippen LogP contribution in [0.5, 0.6) is 0 Å². The van der Waals surface area contributed by atoms with Crippen LogP contribution in [0.3, 0.4) is 0 Å². The molecule has 1 saturated heterocycles. The summed E-state index contributed by atoms with van der Waals surface area (Å²) in [6.07, 6.45) is 5.93. The Hall–Kier alpha value is -3.18. The number of aromatic nitrogens is 2. The zero-order valence-electron chi connectivity index (χ0n) is 19.9. The van der Waals surface area contributed by atoms with Crippen LogP contribution in [-0.4, -0.2) is 53.5 Å². The Balaban J connectivity index is 1.10. The number of thiophene rings is 1. The zero-order valence-corrected chi connectivity index (χ0v) is 20.7. The molecule has 4 heterocycles. The summed E-state index contributed by atoms with van der Waals surface area (Å²) in [6, 6.07) is 17.4. The third-order valence-corrected chi connectivity index (χ3v) is 8.33. The Kier molecular flexibility index (Phi) is 6.03. The summed E-state index contributed by atoms with van der Waals surface area (Å²) in [4.78, 5) is 5.11. The lowest BCUT2D eigenvalue weighted by Gasteiger charge is -2.41. The van der Waals surface area contributed by atoms with Crippen LogP contribution in [0.2, 0.25) is 0 Å². The second-order valence-corrected chi connectivity index (χ2v) is 10.4. The van der Waals surface area contributed by atoms with Gasteiger partial charge in [0.25, 0.3) is 0 Å². The van der Waals surface area contributed by atoms with E-state index in [1.807, 2.05) is 35.3 Å². The van der Waals surface area contributed by atoms with Gasteiger partial charge < -0.3 is 9.64 Å². The van der Waals surface area contributed by atoms with Crippen molar-refractivity contribution in [2.24, 2.45) is 0 Å². The van der Waals surface area contributed by atoms with Gasteiger partial charge in [-0.1, -0.05) is 12.1 Å². The smallest absolute Gasteiger partial charge is 0.0992 e. The number of nitriles is 1. The van der Waals surface area contributed by atoms with E-state index in [2.05, 4.69) is 57.5 Å². The highest BCUT2D eigenvalue weighted by Gasteiger charge is 2.27. The fraction of sp³-hybridized carbons (Fsp3) is 0.357. The van der Waals surface area contributed by atoms with E-state index in [4.69, 9.17) is 4.74 Å². The lowest BCUT2D eigenvalue weighted by atomic mass is 9.94. The Labute approximate surface area is 210 Å². The number of hydrogen-bond acceptors (Lipinski definition) is 6. The predicted molar refractivity (Wildman–Crippen MR) is 140 cm³/mol. The third kappa shape index (κ3) is 4.34. The molecule has 0 aliphatic carbocycles. The summed E-state index contributed by atoms with van der Waals surface area (Å²) >= 11 is 1.73.